The molecule has 8 nitrogen and oxygen atoms in total. The second-order valence-corrected chi connectivity index (χ2v) is 7.32. The van der Waals surface area contributed by atoms with Crippen LogP contribution in [-0.4, -0.2) is 58.4 Å². The quantitative estimate of drug-likeness (QED) is 0.381. The van der Waals surface area contributed by atoms with E-state index in [1.807, 2.05) is 49.4 Å². The van der Waals surface area contributed by atoms with E-state index < -0.39 is 0 Å². The van der Waals surface area contributed by atoms with Gasteiger partial charge in [-0.15, -0.1) is 29.9 Å². The molecule has 182 valence electrons. The number of hydrogen-bond donors (Lipinski definition) is 1. The van der Waals surface area contributed by atoms with Crippen molar-refractivity contribution in [2.45, 2.75) is 33.9 Å². The summed E-state index contributed by atoms with van der Waals surface area (Å²) in [4.78, 5) is 2.40. The highest BCUT2D eigenvalue weighted by atomic mass is 35.5. The molecule has 0 bridgehead atoms. The second kappa shape index (κ2) is 14.7. The lowest BCUT2D eigenvalue weighted by molar-refractivity contribution is 0.273. The van der Waals surface area contributed by atoms with Gasteiger partial charge < -0.3 is 19.7 Å². The summed E-state index contributed by atoms with van der Waals surface area (Å²) < 4.78 is 13.2. The van der Waals surface area contributed by atoms with Crippen molar-refractivity contribution in [1.29, 1.82) is 0 Å². The number of nitrogens with one attached hydrogen (secondary N) is 1. The lowest BCUT2D eigenvalue weighted by atomic mass is 10.2. The van der Waals surface area contributed by atoms with Gasteiger partial charge in [0, 0.05) is 19.6 Å². The van der Waals surface area contributed by atoms with Crippen LogP contribution in [0.5, 0.6) is 11.5 Å². The van der Waals surface area contributed by atoms with Gasteiger partial charge in [0.05, 0.1) is 12.8 Å². The van der Waals surface area contributed by atoms with Crippen molar-refractivity contribution in [2.24, 2.45) is 0 Å². The van der Waals surface area contributed by atoms with Crippen LogP contribution >= 0.6 is 24.8 Å². The van der Waals surface area contributed by atoms with Gasteiger partial charge in [0.25, 0.3) is 0 Å². The zero-order valence-electron chi connectivity index (χ0n) is 19.7. The fourth-order valence-corrected chi connectivity index (χ4v) is 3.28. The SMILES string of the molecule is CCN(CC)CCNCc1ccc(OCc2nnnn2-c2ccc(C)cc2)c(OC)c1.Cl.Cl. The smallest absolute Gasteiger partial charge is 0.194 e. The van der Waals surface area contributed by atoms with Gasteiger partial charge in [0.15, 0.2) is 23.9 Å². The van der Waals surface area contributed by atoms with E-state index in [1.165, 1.54) is 5.56 Å². The van der Waals surface area contributed by atoms with Gasteiger partial charge in [-0.2, -0.15) is 4.68 Å². The number of tetrazole rings is 1. The first-order valence-electron chi connectivity index (χ1n) is 10.7. The molecule has 0 saturated heterocycles. The van der Waals surface area contributed by atoms with Crippen LogP contribution in [0.25, 0.3) is 5.69 Å². The third-order valence-electron chi connectivity index (χ3n) is 5.23. The number of methoxy groups -OCH3 is 1. The molecule has 0 aliphatic rings. The van der Waals surface area contributed by atoms with Gasteiger partial charge in [0.1, 0.15) is 0 Å². The van der Waals surface area contributed by atoms with Gasteiger partial charge in [0.2, 0.25) is 0 Å². The molecule has 0 fully saturated rings. The maximum atomic E-state index is 5.98. The van der Waals surface area contributed by atoms with Gasteiger partial charge in [-0.3, -0.25) is 0 Å². The van der Waals surface area contributed by atoms with Crippen LogP contribution in [0.2, 0.25) is 0 Å². The Balaban J connectivity index is 0.00000272. The topological polar surface area (TPSA) is 77.3 Å². The standard InChI is InChI=1S/C23H32N6O2.2ClH/c1-5-28(6-2)14-13-24-16-19-9-12-21(22(15-19)30-4)31-17-23-25-26-27-29(23)20-10-7-18(3)8-11-20;;/h7-12,15,24H,5-6,13-14,16-17H2,1-4H3;2*1H. The lowest BCUT2D eigenvalue weighted by Crippen LogP contribution is -2.31. The molecule has 0 atom stereocenters. The normalized spacial score (nSPS) is 10.5. The average Bonchev–Trinajstić information content (AvgIpc) is 3.27. The number of aromatic nitrogens is 4. The highest BCUT2D eigenvalue weighted by molar-refractivity contribution is 5.85. The van der Waals surface area contributed by atoms with Crippen LogP contribution in [0.15, 0.2) is 42.5 Å². The molecule has 0 aliphatic heterocycles. The van der Waals surface area contributed by atoms with E-state index in [9.17, 15) is 0 Å². The number of likely N-dealkylation sites (N-methyl/N-ethyl adjacent to an activating group) is 1. The summed E-state index contributed by atoms with van der Waals surface area (Å²) in [6, 6.07) is 14.0. The molecule has 0 aliphatic carbocycles. The lowest BCUT2D eigenvalue weighted by Gasteiger charge is -2.18. The molecule has 3 aromatic rings. The Kier molecular flexibility index (Phi) is 12.8. The number of rotatable bonds is 12. The number of hydrogen-bond acceptors (Lipinski definition) is 7. The van der Waals surface area contributed by atoms with Crippen molar-refractivity contribution in [1.82, 2.24) is 30.4 Å². The monoisotopic (exact) mass is 496 g/mol. The van der Waals surface area contributed by atoms with Crippen molar-refractivity contribution >= 4 is 24.8 Å². The summed E-state index contributed by atoms with van der Waals surface area (Å²) in [5.74, 6) is 1.97. The Bertz CT molecular complexity index is 948. The molecule has 33 heavy (non-hydrogen) atoms. The molecule has 1 N–H and O–H groups in total. The first-order valence-corrected chi connectivity index (χ1v) is 10.7. The minimum Gasteiger partial charge on any atom is -0.493 e. The Morgan fingerprint density at radius 3 is 2.39 bits per heavy atom. The Morgan fingerprint density at radius 2 is 1.73 bits per heavy atom. The largest absolute Gasteiger partial charge is 0.493 e. The van der Waals surface area contributed by atoms with E-state index in [0.29, 0.717) is 17.3 Å². The van der Waals surface area contributed by atoms with Gasteiger partial charge in [-0.1, -0.05) is 37.6 Å². The van der Waals surface area contributed by atoms with Gasteiger partial charge in [-0.25, -0.2) is 0 Å². The molecule has 0 unspecified atom stereocenters. The molecule has 1 aromatic heterocycles. The van der Waals surface area contributed by atoms with Crippen LogP contribution in [0.3, 0.4) is 0 Å². The van der Waals surface area contributed by atoms with E-state index in [1.54, 1.807) is 11.8 Å². The molecular formula is C23H34Cl2N6O2. The Hall–Kier alpha value is -2.39. The summed E-state index contributed by atoms with van der Waals surface area (Å²) in [5.41, 5.74) is 3.22. The van der Waals surface area contributed by atoms with Crippen LogP contribution in [0.1, 0.15) is 30.8 Å². The fraction of sp³-hybridized carbons (Fsp3) is 0.435. The van der Waals surface area contributed by atoms with Crippen LogP contribution in [0, 0.1) is 6.92 Å². The third kappa shape index (κ3) is 8.16. The summed E-state index contributed by atoms with van der Waals surface area (Å²) in [5, 5.41) is 15.5. The van der Waals surface area contributed by atoms with Crippen molar-refractivity contribution < 1.29 is 9.47 Å². The third-order valence-corrected chi connectivity index (χ3v) is 5.23. The molecule has 10 heteroatoms. The molecule has 1 heterocycles. The van der Waals surface area contributed by atoms with Crippen molar-refractivity contribution in [2.75, 3.05) is 33.3 Å². The van der Waals surface area contributed by atoms with Crippen molar-refractivity contribution in [3.63, 3.8) is 0 Å². The van der Waals surface area contributed by atoms with Gasteiger partial charge in [-0.05, 0) is 60.3 Å². The number of nitrogens with zero attached hydrogens (tertiary/aromatic N) is 5. The Morgan fingerprint density at radius 1 is 1.00 bits per heavy atom. The van der Waals surface area contributed by atoms with E-state index in [4.69, 9.17) is 9.47 Å². The maximum absolute atomic E-state index is 5.98. The predicted octanol–water partition coefficient (Wildman–Crippen LogP) is 3.83. The Labute approximate surface area is 208 Å². The highest BCUT2D eigenvalue weighted by Crippen LogP contribution is 2.28. The van der Waals surface area contributed by atoms with Gasteiger partial charge >= 0.3 is 0 Å². The van der Waals surface area contributed by atoms with Crippen LogP contribution in [-0.2, 0) is 13.2 Å². The number of aryl methyl sites for hydroxylation is 1. The van der Waals surface area contributed by atoms with E-state index in [-0.39, 0.29) is 31.4 Å². The predicted molar refractivity (Wildman–Crippen MR) is 135 cm³/mol. The number of ether oxygens (including phenoxy) is 2. The number of benzene rings is 2. The van der Waals surface area contributed by atoms with Crippen molar-refractivity contribution in [3.05, 3.63) is 59.4 Å². The summed E-state index contributed by atoms with van der Waals surface area (Å²) in [7, 11) is 1.65. The first kappa shape index (κ1) is 28.6. The van der Waals surface area contributed by atoms with Crippen molar-refractivity contribution in [3.8, 4) is 17.2 Å². The fourth-order valence-electron chi connectivity index (χ4n) is 3.28. The molecule has 3 rings (SSSR count). The highest BCUT2D eigenvalue weighted by Gasteiger charge is 2.12. The molecule has 0 amide bonds. The molecule has 0 radical (unpaired) electrons. The van der Waals surface area contributed by atoms with E-state index in [0.717, 1.165) is 44.0 Å². The zero-order chi connectivity index (χ0) is 22.1. The minimum atomic E-state index is 0. The number of halogens is 2. The first-order chi connectivity index (χ1) is 15.1. The second-order valence-electron chi connectivity index (χ2n) is 7.32. The molecule has 0 spiro atoms. The molecule has 0 saturated carbocycles. The van der Waals surface area contributed by atoms with Crippen LogP contribution < -0.4 is 14.8 Å². The summed E-state index contributed by atoms with van der Waals surface area (Å²) in [6.07, 6.45) is 0. The summed E-state index contributed by atoms with van der Waals surface area (Å²) in [6.45, 7) is 11.6. The average molecular weight is 497 g/mol. The minimum absolute atomic E-state index is 0. The summed E-state index contributed by atoms with van der Waals surface area (Å²) >= 11 is 0. The zero-order valence-corrected chi connectivity index (χ0v) is 21.3. The van der Waals surface area contributed by atoms with E-state index >= 15 is 0 Å². The molecule has 2 aromatic carbocycles. The van der Waals surface area contributed by atoms with E-state index in [2.05, 4.69) is 39.6 Å². The molecular weight excluding hydrogens is 463 g/mol. The van der Waals surface area contributed by atoms with Crippen LogP contribution in [0.4, 0.5) is 0 Å². The maximum Gasteiger partial charge on any atom is 0.194 e.